The summed E-state index contributed by atoms with van der Waals surface area (Å²) in [7, 11) is 4.85. The molecule has 0 aliphatic carbocycles. The summed E-state index contributed by atoms with van der Waals surface area (Å²) < 4.78 is 4.68. The van der Waals surface area contributed by atoms with Crippen LogP contribution in [0.3, 0.4) is 0 Å². The molecular weight excluding hydrogens is 444 g/mol. The van der Waals surface area contributed by atoms with Crippen LogP contribution < -0.4 is 16.0 Å². The summed E-state index contributed by atoms with van der Waals surface area (Å²) >= 11 is 0. The zero-order chi connectivity index (χ0) is 27.0. The maximum Gasteiger partial charge on any atom is 0.319 e. The van der Waals surface area contributed by atoms with Gasteiger partial charge in [0.1, 0.15) is 6.04 Å². The maximum atomic E-state index is 13.7. The Morgan fingerprint density at radius 3 is 2.03 bits per heavy atom. The number of hydrogen-bond donors (Lipinski definition) is 3. The van der Waals surface area contributed by atoms with Crippen molar-refractivity contribution in [2.75, 3.05) is 34.3 Å². The van der Waals surface area contributed by atoms with Crippen LogP contribution in [0.2, 0.25) is 0 Å². The van der Waals surface area contributed by atoms with Crippen molar-refractivity contribution in [1.29, 1.82) is 0 Å². The SMILES string of the molecule is CN[C@H](C(=O)N[C@H](C(=O)N(C)[C@H](CNCC(=O)OC)C(C)C)C(C)(C)C)C(C)(C)c1ccccc1. The fourth-order valence-corrected chi connectivity index (χ4v) is 4.31. The third kappa shape index (κ3) is 8.32. The van der Waals surface area contributed by atoms with Gasteiger partial charge in [0.05, 0.1) is 19.7 Å². The number of hydrogen-bond acceptors (Lipinski definition) is 6. The zero-order valence-electron chi connectivity index (χ0n) is 23.2. The molecule has 0 heterocycles. The molecule has 3 atom stereocenters. The fraction of sp³-hybridized carbons (Fsp3) is 0.667. The number of carbonyl (C=O) groups is 3. The molecule has 0 saturated heterocycles. The molecular formula is C27H46N4O4. The van der Waals surface area contributed by atoms with Crippen molar-refractivity contribution in [2.45, 2.75) is 72.0 Å². The summed E-state index contributed by atoms with van der Waals surface area (Å²) in [6.45, 7) is 14.4. The number of nitrogens with zero attached hydrogens (tertiary/aromatic N) is 1. The third-order valence-electron chi connectivity index (χ3n) is 6.66. The van der Waals surface area contributed by atoms with Gasteiger partial charge in [0.15, 0.2) is 0 Å². The lowest BCUT2D eigenvalue weighted by Crippen LogP contribution is -2.62. The van der Waals surface area contributed by atoms with E-state index in [1.54, 1.807) is 19.0 Å². The molecule has 0 radical (unpaired) electrons. The summed E-state index contributed by atoms with van der Waals surface area (Å²) in [5.74, 6) is -0.627. The lowest BCUT2D eigenvalue weighted by atomic mass is 9.76. The first kappa shape index (κ1) is 30.6. The summed E-state index contributed by atoms with van der Waals surface area (Å²) in [5, 5.41) is 9.29. The number of rotatable bonds is 12. The van der Waals surface area contributed by atoms with Gasteiger partial charge in [0, 0.05) is 25.0 Å². The highest BCUT2D eigenvalue weighted by Gasteiger charge is 2.41. The first-order valence-corrected chi connectivity index (χ1v) is 12.3. The average Bonchev–Trinajstić information content (AvgIpc) is 2.79. The van der Waals surface area contributed by atoms with Crippen LogP contribution in [0.1, 0.15) is 54.0 Å². The van der Waals surface area contributed by atoms with Gasteiger partial charge in [0.25, 0.3) is 0 Å². The second-order valence-corrected chi connectivity index (χ2v) is 11.1. The van der Waals surface area contributed by atoms with Crippen molar-refractivity contribution in [2.24, 2.45) is 11.3 Å². The molecule has 0 aromatic heterocycles. The first-order valence-electron chi connectivity index (χ1n) is 12.3. The Balaban J connectivity index is 3.13. The van der Waals surface area contributed by atoms with Crippen LogP contribution in [0.5, 0.6) is 0 Å². The Kier molecular flexibility index (Phi) is 11.4. The predicted molar refractivity (Wildman–Crippen MR) is 140 cm³/mol. The van der Waals surface area contributed by atoms with Crippen LogP contribution in [0.25, 0.3) is 0 Å². The van der Waals surface area contributed by atoms with Crippen molar-refractivity contribution >= 4 is 17.8 Å². The van der Waals surface area contributed by atoms with Crippen molar-refractivity contribution in [1.82, 2.24) is 20.9 Å². The molecule has 0 aliphatic rings. The molecule has 3 N–H and O–H groups in total. The van der Waals surface area contributed by atoms with Crippen molar-refractivity contribution < 1.29 is 19.1 Å². The Hall–Kier alpha value is -2.45. The number of likely N-dealkylation sites (N-methyl/N-ethyl adjacent to an activating group) is 2. The molecule has 1 rings (SSSR count). The smallest absolute Gasteiger partial charge is 0.319 e. The minimum absolute atomic E-state index is 0.0691. The predicted octanol–water partition coefficient (Wildman–Crippen LogP) is 2.33. The van der Waals surface area contributed by atoms with Crippen LogP contribution in [0.15, 0.2) is 30.3 Å². The molecule has 0 unspecified atom stereocenters. The van der Waals surface area contributed by atoms with Crippen LogP contribution in [0, 0.1) is 11.3 Å². The number of amides is 2. The molecule has 1 aromatic carbocycles. The highest BCUT2D eigenvalue weighted by atomic mass is 16.5. The van der Waals surface area contributed by atoms with E-state index in [-0.39, 0.29) is 36.3 Å². The molecule has 198 valence electrons. The molecule has 8 heteroatoms. The Bertz CT molecular complexity index is 833. The molecule has 0 fully saturated rings. The van der Waals surface area contributed by atoms with Crippen molar-refractivity contribution in [3.63, 3.8) is 0 Å². The molecule has 0 bridgehead atoms. The number of nitrogens with one attached hydrogen (secondary N) is 3. The number of methoxy groups -OCH3 is 1. The van der Waals surface area contributed by atoms with E-state index in [1.807, 2.05) is 78.8 Å². The van der Waals surface area contributed by atoms with Gasteiger partial charge in [-0.15, -0.1) is 0 Å². The largest absolute Gasteiger partial charge is 0.468 e. The van der Waals surface area contributed by atoms with Gasteiger partial charge in [-0.1, -0.05) is 78.8 Å². The van der Waals surface area contributed by atoms with E-state index in [1.165, 1.54) is 7.11 Å². The molecule has 1 aromatic rings. The molecule has 0 aliphatic heterocycles. The van der Waals surface area contributed by atoms with E-state index < -0.39 is 22.9 Å². The first-order chi connectivity index (χ1) is 16.2. The molecule has 35 heavy (non-hydrogen) atoms. The summed E-state index contributed by atoms with van der Waals surface area (Å²) in [6, 6.07) is 8.42. The van der Waals surface area contributed by atoms with E-state index in [4.69, 9.17) is 0 Å². The van der Waals surface area contributed by atoms with Gasteiger partial charge in [0.2, 0.25) is 11.8 Å². The quantitative estimate of drug-likeness (QED) is 0.389. The highest BCUT2D eigenvalue weighted by Crippen LogP contribution is 2.28. The summed E-state index contributed by atoms with van der Waals surface area (Å²) in [4.78, 5) is 40.4. The van der Waals surface area contributed by atoms with Gasteiger partial charge >= 0.3 is 5.97 Å². The second kappa shape index (κ2) is 13.0. The molecule has 0 spiro atoms. The Labute approximate surface area is 211 Å². The van der Waals surface area contributed by atoms with Crippen LogP contribution in [-0.4, -0.2) is 75.1 Å². The number of carbonyl (C=O) groups excluding carboxylic acids is 3. The van der Waals surface area contributed by atoms with E-state index in [0.29, 0.717) is 6.54 Å². The van der Waals surface area contributed by atoms with Gasteiger partial charge in [-0.2, -0.15) is 0 Å². The van der Waals surface area contributed by atoms with E-state index in [9.17, 15) is 14.4 Å². The van der Waals surface area contributed by atoms with Crippen LogP contribution in [-0.2, 0) is 24.5 Å². The molecule has 8 nitrogen and oxygen atoms in total. The summed E-state index contributed by atoms with van der Waals surface area (Å²) in [5.41, 5.74) is 0.00853. The Morgan fingerprint density at radius 2 is 1.57 bits per heavy atom. The molecule has 0 saturated carbocycles. The minimum Gasteiger partial charge on any atom is -0.468 e. The number of esters is 1. The van der Waals surface area contributed by atoms with E-state index in [2.05, 4.69) is 20.7 Å². The summed E-state index contributed by atoms with van der Waals surface area (Å²) in [6.07, 6.45) is 0. The topological polar surface area (TPSA) is 99.8 Å². The Morgan fingerprint density at radius 1 is 1.00 bits per heavy atom. The highest BCUT2D eigenvalue weighted by molar-refractivity contribution is 5.91. The standard InChI is InChI=1S/C27H46N4O4/c1-18(2)20(16-29-17-21(32)35-10)31(9)25(34)23(26(3,4)5)30-24(33)22(28-8)27(6,7)19-14-12-11-13-15-19/h11-15,18,20,22-23,28-29H,16-17H2,1-10H3,(H,30,33)/t20-,22-,23-/m1/s1. The lowest BCUT2D eigenvalue weighted by molar-refractivity contribution is -0.141. The second-order valence-electron chi connectivity index (χ2n) is 11.1. The van der Waals surface area contributed by atoms with Crippen LogP contribution >= 0.6 is 0 Å². The monoisotopic (exact) mass is 490 g/mol. The van der Waals surface area contributed by atoms with Crippen LogP contribution in [0.4, 0.5) is 0 Å². The average molecular weight is 491 g/mol. The lowest BCUT2D eigenvalue weighted by Gasteiger charge is -2.40. The number of ether oxygens (including phenoxy) is 1. The van der Waals surface area contributed by atoms with Gasteiger partial charge in [-0.25, -0.2) is 0 Å². The fourth-order valence-electron chi connectivity index (χ4n) is 4.31. The van der Waals surface area contributed by atoms with Gasteiger partial charge < -0.3 is 25.6 Å². The number of benzene rings is 1. The van der Waals surface area contributed by atoms with Crippen molar-refractivity contribution in [3.8, 4) is 0 Å². The van der Waals surface area contributed by atoms with Crippen molar-refractivity contribution in [3.05, 3.63) is 35.9 Å². The maximum absolute atomic E-state index is 13.7. The van der Waals surface area contributed by atoms with E-state index in [0.717, 1.165) is 5.56 Å². The third-order valence-corrected chi connectivity index (χ3v) is 6.66. The molecule has 2 amide bonds. The zero-order valence-corrected chi connectivity index (χ0v) is 23.2. The van der Waals surface area contributed by atoms with Gasteiger partial charge in [-0.3, -0.25) is 14.4 Å². The van der Waals surface area contributed by atoms with E-state index >= 15 is 0 Å². The minimum atomic E-state index is -0.732. The normalized spacial score (nSPS) is 14.7. The van der Waals surface area contributed by atoms with Gasteiger partial charge in [-0.05, 0) is 23.9 Å².